The van der Waals surface area contributed by atoms with Crippen LogP contribution in [0.1, 0.15) is 35.3 Å². The zero-order valence-electron chi connectivity index (χ0n) is 16.6. The van der Waals surface area contributed by atoms with Crippen molar-refractivity contribution < 1.29 is 14.3 Å². The number of aromatic nitrogens is 2. The van der Waals surface area contributed by atoms with Gasteiger partial charge in [0.2, 0.25) is 5.91 Å². The first-order chi connectivity index (χ1) is 14.0. The van der Waals surface area contributed by atoms with E-state index in [1.165, 1.54) is 17.7 Å². The molecule has 154 valence electrons. The molecule has 2 amide bonds. The largest absolute Gasteiger partial charge is 0.494 e. The van der Waals surface area contributed by atoms with Gasteiger partial charge in [0.15, 0.2) is 0 Å². The highest BCUT2D eigenvalue weighted by Crippen LogP contribution is 2.13. The Labute approximate surface area is 169 Å². The molecule has 0 aliphatic carbocycles. The van der Waals surface area contributed by atoms with Crippen molar-refractivity contribution in [3.05, 3.63) is 58.0 Å². The summed E-state index contributed by atoms with van der Waals surface area (Å²) in [4.78, 5) is 39.6. The Bertz CT molecular complexity index is 874. The lowest BCUT2D eigenvalue weighted by molar-refractivity contribution is -0.131. The number of carbonyl (C=O) groups excluding carboxylic acids is 2. The summed E-state index contributed by atoms with van der Waals surface area (Å²) >= 11 is 0. The normalized spacial score (nSPS) is 14.4. The van der Waals surface area contributed by atoms with Crippen LogP contribution in [0, 0.1) is 6.92 Å². The first kappa shape index (κ1) is 20.6. The molecule has 0 bridgehead atoms. The van der Waals surface area contributed by atoms with E-state index < -0.39 is 0 Å². The van der Waals surface area contributed by atoms with Crippen LogP contribution in [0.25, 0.3) is 0 Å². The second-order valence-corrected chi connectivity index (χ2v) is 7.10. The molecule has 1 aromatic carbocycles. The summed E-state index contributed by atoms with van der Waals surface area (Å²) in [6.45, 7) is 4.64. The summed E-state index contributed by atoms with van der Waals surface area (Å²) < 4.78 is 5.67. The minimum absolute atomic E-state index is 0.0778. The summed E-state index contributed by atoms with van der Waals surface area (Å²) in [5.41, 5.74) is 1.04. The number of rotatable bonds is 6. The number of carbonyl (C=O) groups is 2. The molecule has 2 heterocycles. The van der Waals surface area contributed by atoms with Crippen molar-refractivity contribution in [2.75, 3.05) is 32.8 Å². The predicted molar refractivity (Wildman–Crippen MR) is 108 cm³/mol. The second kappa shape index (κ2) is 9.86. The summed E-state index contributed by atoms with van der Waals surface area (Å²) in [7, 11) is 0. The molecule has 8 nitrogen and oxygen atoms in total. The van der Waals surface area contributed by atoms with E-state index in [-0.39, 0.29) is 23.1 Å². The smallest absolute Gasteiger partial charge is 0.274 e. The van der Waals surface area contributed by atoms with Crippen molar-refractivity contribution in [1.29, 1.82) is 0 Å². The van der Waals surface area contributed by atoms with Gasteiger partial charge in [-0.05, 0) is 38.0 Å². The molecule has 0 unspecified atom stereocenters. The Balaban J connectivity index is 1.43. The highest BCUT2D eigenvalue weighted by Gasteiger charge is 2.23. The van der Waals surface area contributed by atoms with Gasteiger partial charge in [0.25, 0.3) is 11.5 Å². The van der Waals surface area contributed by atoms with Crippen molar-refractivity contribution in [3.8, 4) is 5.75 Å². The topological polar surface area (TPSA) is 95.6 Å². The second-order valence-electron chi connectivity index (χ2n) is 7.10. The molecule has 0 spiro atoms. The lowest BCUT2D eigenvalue weighted by atomic mass is 10.2. The number of aryl methyl sites for hydroxylation is 1. The molecule has 0 radical (unpaired) electrons. The van der Waals surface area contributed by atoms with Gasteiger partial charge in [-0.3, -0.25) is 14.4 Å². The van der Waals surface area contributed by atoms with Gasteiger partial charge in [-0.25, -0.2) is 5.10 Å². The standard InChI is InChI=1S/C21H26N4O4/c1-16-5-7-17(8-6-16)29-15-2-4-20(27)24-11-3-12-25(14-13-24)21(28)18-9-10-19(26)23-22-18/h5-10H,2-4,11-15H2,1H3,(H,23,26). The van der Waals surface area contributed by atoms with Gasteiger partial charge in [-0.2, -0.15) is 5.10 Å². The molecule has 1 saturated heterocycles. The fraction of sp³-hybridized carbons (Fsp3) is 0.429. The number of nitrogens with one attached hydrogen (secondary N) is 1. The zero-order valence-corrected chi connectivity index (χ0v) is 16.6. The van der Waals surface area contributed by atoms with Crippen LogP contribution in [0.3, 0.4) is 0 Å². The third kappa shape index (κ3) is 5.91. The van der Waals surface area contributed by atoms with Crippen molar-refractivity contribution in [2.45, 2.75) is 26.2 Å². The van der Waals surface area contributed by atoms with Gasteiger partial charge in [0, 0.05) is 38.7 Å². The highest BCUT2D eigenvalue weighted by molar-refractivity contribution is 5.92. The number of nitrogens with zero attached hydrogens (tertiary/aromatic N) is 3. The van der Waals surface area contributed by atoms with Gasteiger partial charge < -0.3 is 14.5 Å². The van der Waals surface area contributed by atoms with Crippen molar-refractivity contribution in [2.24, 2.45) is 0 Å². The Hall–Kier alpha value is -3.16. The van der Waals surface area contributed by atoms with Crippen molar-refractivity contribution in [1.82, 2.24) is 20.0 Å². The van der Waals surface area contributed by atoms with E-state index in [0.717, 1.165) is 5.75 Å². The Morgan fingerprint density at radius 1 is 1.03 bits per heavy atom. The number of amides is 2. The van der Waals surface area contributed by atoms with Crippen molar-refractivity contribution in [3.63, 3.8) is 0 Å². The van der Waals surface area contributed by atoms with Crippen LogP contribution in [0.2, 0.25) is 0 Å². The molecular formula is C21H26N4O4. The first-order valence-electron chi connectivity index (χ1n) is 9.85. The Morgan fingerprint density at radius 2 is 1.76 bits per heavy atom. The number of hydrogen-bond acceptors (Lipinski definition) is 5. The van der Waals surface area contributed by atoms with E-state index >= 15 is 0 Å². The molecule has 0 atom stereocenters. The molecule has 1 aromatic heterocycles. The number of ether oxygens (including phenoxy) is 1. The summed E-state index contributed by atoms with van der Waals surface area (Å²) in [6.07, 6.45) is 1.77. The molecule has 8 heteroatoms. The van der Waals surface area contributed by atoms with E-state index in [9.17, 15) is 14.4 Å². The predicted octanol–water partition coefficient (Wildman–Crippen LogP) is 1.61. The molecule has 3 rings (SSSR count). The lowest BCUT2D eigenvalue weighted by Crippen LogP contribution is -2.37. The van der Waals surface area contributed by atoms with Crippen LogP contribution in [0.4, 0.5) is 0 Å². The summed E-state index contributed by atoms with van der Waals surface area (Å²) in [5, 5.41) is 6.07. The van der Waals surface area contributed by atoms with E-state index in [2.05, 4.69) is 10.2 Å². The van der Waals surface area contributed by atoms with Gasteiger partial charge in [-0.1, -0.05) is 17.7 Å². The van der Waals surface area contributed by atoms with Crippen LogP contribution < -0.4 is 10.3 Å². The van der Waals surface area contributed by atoms with Gasteiger partial charge >= 0.3 is 0 Å². The minimum Gasteiger partial charge on any atom is -0.494 e. The van der Waals surface area contributed by atoms with Gasteiger partial charge in [0.05, 0.1) is 6.61 Å². The minimum atomic E-state index is -0.347. The molecule has 0 saturated carbocycles. The number of benzene rings is 1. The molecular weight excluding hydrogens is 372 g/mol. The quantitative estimate of drug-likeness (QED) is 0.746. The number of hydrogen-bond donors (Lipinski definition) is 1. The molecule has 1 N–H and O–H groups in total. The number of H-pyrrole nitrogens is 1. The Morgan fingerprint density at radius 3 is 2.48 bits per heavy atom. The van der Waals surface area contributed by atoms with Crippen LogP contribution >= 0.6 is 0 Å². The fourth-order valence-electron chi connectivity index (χ4n) is 3.20. The average Bonchev–Trinajstić information content (AvgIpc) is 2.99. The highest BCUT2D eigenvalue weighted by atomic mass is 16.5. The first-order valence-corrected chi connectivity index (χ1v) is 9.85. The molecule has 1 aliphatic rings. The fourth-order valence-corrected chi connectivity index (χ4v) is 3.20. The summed E-state index contributed by atoms with van der Waals surface area (Å²) in [5.74, 6) is 0.652. The summed E-state index contributed by atoms with van der Waals surface area (Å²) in [6, 6.07) is 10.5. The van der Waals surface area contributed by atoms with E-state index in [1.54, 1.807) is 9.80 Å². The zero-order chi connectivity index (χ0) is 20.6. The third-order valence-corrected chi connectivity index (χ3v) is 4.86. The maximum absolute atomic E-state index is 12.5. The van der Waals surface area contributed by atoms with E-state index in [0.29, 0.717) is 52.0 Å². The van der Waals surface area contributed by atoms with Crippen LogP contribution in [0.5, 0.6) is 5.75 Å². The third-order valence-electron chi connectivity index (χ3n) is 4.86. The molecule has 1 aliphatic heterocycles. The lowest BCUT2D eigenvalue weighted by Gasteiger charge is -2.22. The van der Waals surface area contributed by atoms with Gasteiger partial charge in [0.1, 0.15) is 11.4 Å². The maximum Gasteiger partial charge on any atom is 0.274 e. The maximum atomic E-state index is 12.5. The van der Waals surface area contributed by atoms with Crippen LogP contribution in [-0.2, 0) is 4.79 Å². The van der Waals surface area contributed by atoms with Gasteiger partial charge in [-0.15, -0.1) is 0 Å². The molecule has 29 heavy (non-hydrogen) atoms. The Kier molecular flexibility index (Phi) is 6.99. The monoisotopic (exact) mass is 398 g/mol. The van der Waals surface area contributed by atoms with E-state index in [1.807, 2.05) is 31.2 Å². The molecule has 1 fully saturated rings. The average molecular weight is 398 g/mol. The van der Waals surface area contributed by atoms with Crippen LogP contribution in [-0.4, -0.2) is 64.6 Å². The molecule has 2 aromatic rings. The van der Waals surface area contributed by atoms with Crippen LogP contribution in [0.15, 0.2) is 41.2 Å². The SMILES string of the molecule is Cc1ccc(OCCCC(=O)N2CCCN(C(=O)c3ccc(=O)[nH]n3)CC2)cc1. The number of aromatic amines is 1. The van der Waals surface area contributed by atoms with E-state index in [4.69, 9.17) is 4.74 Å². The van der Waals surface area contributed by atoms with Crippen molar-refractivity contribution >= 4 is 11.8 Å².